The van der Waals surface area contributed by atoms with Crippen molar-refractivity contribution < 1.29 is 8.42 Å². The molecule has 0 heterocycles. The number of hydrogen-bond acceptors (Lipinski definition) is 2. The Morgan fingerprint density at radius 3 is 2.33 bits per heavy atom. The van der Waals surface area contributed by atoms with E-state index in [0.29, 0.717) is 0 Å². The van der Waals surface area contributed by atoms with Gasteiger partial charge in [0, 0.05) is 7.05 Å². The lowest BCUT2D eigenvalue weighted by atomic mass is 10.2. The maximum absolute atomic E-state index is 11.9. The molecule has 0 spiro atoms. The van der Waals surface area contributed by atoms with Crippen LogP contribution in [0.15, 0.2) is 47.7 Å². The Balaban J connectivity index is 3.17. The molecule has 0 amide bonds. The summed E-state index contributed by atoms with van der Waals surface area (Å²) in [5.41, 5.74) is 3.45. The summed E-state index contributed by atoms with van der Waals surface area (Å²) in [5.74, 6) is 0. The fourth-order valence-electron chi connectivity index (χ4n) is 1.07. The van der Waals surface area contributed by atoms with Gasteiger partial charge in [-0.3, -0.25) is 4.31 Å². The highest BCUT2D eigenvalue weighted by Gasteiger charge is 2.16. The zero-order chi connectivity index (χ0) is 11.5. The quantitative estimate of drug-likeness (QED) is 0.734. The van der Waals surface area contributed by atoms with E-state index in [1.807, 2.05) is 6.92 Å². The van der Waals surface area contributed by atoms with Crippen molar-refractivity contribution in [1.82, 2.24) is 4.31 Å². The summed E-state index contributed by atoms with van der Waals surface area (Å²) in [5, 5.41) is 0. The van der Waals surface area contributed by atoms with Crippen LogP contribution < -0.4 is 0 Å². The lowest BCUT2D eigenvalue weighted by Gasteiger charge is -2.13. The van der Waals surface area contributed by atoms with E-state index < -0.39 is 10.0 Å². The van der Waals surface area contributed by atoms with Crippen LogP contribution in [0.2, 0.25) is 0 Å². The van der Waals surface area contributed by atoms with Gasteiger partial charge in [-0.25, -0.2) is 8.42 Å². The van der Waals surface area contributed by atoms with Crippen LogP contribution in [-0.4, -0.2) is 19.8 Å². The van der Waals surface area contributed by atoms with Crippen LogP contribution in [0.5, 0.6) is 0 Å². The minimum atomic E-state index is -3.44. The number of nitrogens with zero attached hydrogens (tertiary/aromatic N) is 1. The van der Waals surface area contributed by atoms with Gasteiger partial charge in [-0.15, -0.1) is 5.73 Å². The summed E-state index contributed by atoms with van der Waals surface area (Å²) in [6.45, 7) is 5.24. The van der Waals surface area contributed by atoms with Gasteiger partial charge in [-0.2, -0.15) is 0 Å². The highest BCUT2D eigenvalue weighted by molar-refractivity contribution is 7.89. The SMILES string of the molecule is C=C=CN(C)S(=O)(=O)c1ccc(C)cc1. The van der Waals surface area contributed by atoms with Crippen LogP contribution in [0.3, 0.4) is 0 Å². The number of sulfonamides is 1. The second kappa shape index (κ2) is 4.34. The Kier molecular flexibility index (Phi) is 3.35. The third-order valence-corrected chi connectivity index (χ3v) is 3.70. The van der Waals surface area contributed by atoms with Gasteiger partial charge in [-0.1, -0.05) is 24.3 Å². The summed E-state index contributed by atoms with van der Waals surface area (Å²) in [6, 6.07) is 6.69. The van der Waals surface area contributed by atoms with E-state index in [1.54, 1.807) is 24.3 Å². The summed E-state index contributed by atoms with van der Waals surface area (Å²) >= 11 is 0. The molecule has 15 heavy (non-hydrogen) atoms. The van der Waals surface area contributed by atoms with Crippen molar-refractivity contribution in [3.63, 3.8) is 0 Å². The highest BCUT2D eigenvalue weighted by atomic mass is 32.2. The van der Waals surface area contributed by atoms with Crippen molar-refractivity contribution in [2.45, 2.75) is 11.8 Å². The molecule has 0 bridgehead atoms. The molecule has 4 heteroatoms. The topological polar surface area (TPSA) is 37.4 Å². The molecular weight excluding hydrogens is 210 g/mol. The van der Waals surface area contributed by atoms with E-state index in [9.17, 15) is 8.42 Å². The van der Waals surface area contributed by atoms with Crippen LogP contribution in [0.1, 0.15) is 5.56 Å². The maximum atomic E-state index is 11.9. The number of rotatable bonds is 3. The Morgan fingerprint density at radius 1 is 1.33 bits per heavy atom. The van der Waals surface area contributed by atoms with Crippen LogP contribution >= 0.6 is 0 Å². The lowest BCUT2D eigenvalue weighted by molar-refractivity contribution is 0.539. The van der Waals surface area contributed by atoms with E-state index in [0.717, 1.165) is 9.87 Å². The third-order valence-electron chi connectivity index (χ3n) is 1.97. The zero-order valence-corrected chi connectivity index (χ0v) is 9.58. The predicted molar refractivity (Wildman–Crippen MR) is 59.8 cm³/mol. The second-order valence-electron chi connectivity index (χ2n) is 3.17. The van der Waals surface area contributed by atoms with E-state index >= 15 is 0 Å². The number of aryl methyl sites for hydroxylation is 1. The molecule has 3 nitrogen and oxygen atoms in total. The van der Waals surface area contributed by atoms with Crippen molar-refractivity contribution in [1.29, 1.82) is 0 Å². The molecule has 0 saturated carbocycles. The van der Waals surface area contributed by atoms with Crippen molar-refractivity contribution in [2.75, 3.05) is 7.05 Å². The van der Waals surface area contributed by atoms with Gasteiger partial charge in [0.25, 0.3) is 10.0 Å². The van der Waals surface area contributed by atoms with Crippen molar-refractivity contribution in [3.8, 4) is 0 Å². The third kappa shape index (κ3) is 2.49. The molecule has 0 aliphatic carbocycles. The Hall–Kier alpha value is -1.51. The van der Waals surface area contributed by atoms with Gasteiger partial charge >= 0.3 is 0 Å². The molecule has 0 N–H and O–H groups in total. The average Bonchev–Trinajstić information content (AvgIpc) is 2.18. The van der Waals surface area contributed by atoms with Crippen LogP contribution in [0.25, 0.3) is 0 Å². The summed E-state index contributed by atoms with van der Waals surface area (Å²) in [4.78, 5) is 0.266. The van der Waals surface area contributed by atoms with Gasteiger partial charge in [-0.05, 0) is 19.1 Å². The lowest BCUT2D eigenvalue weighted by Crippen LogP contribution is -2.21. The minimum Gasteiger partial charge on any atom is -0.269 e. The summed E-state index contributed by atoms with van der Waals surface area (Å²) in [6.07, 6.45) is 1.29. The largest absolute Gasteiger partial charge is 0.269 e. The molecule has 0 aromatic heterocycles. The molecule has 0 fully saturated rings. The zero-order valence-electron chi connectivity index (χ0n) is 8.77. The van der Waals surface area contributed by atoms with Gasteiger partial charge < -0.3 is 0 Å². The first-order valence-corrected chi connectivity index (χ1v) is 5.83. The molecule has 0 saturated heterocycles. The number of benzene rings is 1. The molecule has 0 aliphatic rings. The van der Waals surface area contributed by atoms with E-state index in [2.05, 4.69) is 12.3 Å². The second-order valence-corrected chi connectivity index (χ2v) is 5.17. The van der Waals surface area contributed by atoms with Crippen LogP contribution in [0, 0.1) is 6.92 Å². The molecule has 80 valence electrons. The first-order chi connectivity index (χ1) is 6.98. The molecule has 1 rings (SSSR count). The molecule has 0 unspecified atom stereocenters. The molecule has 1 aromatic rings. The number of hydrogen-bond donors (Lipinski definition) is 0. The Bertz CT molecular complexity index is 482. The Morgan fingerprint density at radius 2 is 1.87 bits per heavy atom. The maximum Gasteiger partial charge on any atom is 0.264 e. The van der Waals surface area contributed by atoms with Gasteiger partial charge in [0.1, 0.15) is 0 Å². The molecular formula is C11H13NO2S. The molecule has 1 aromatic carbocycles. The molecule has 0 atom stereocenters. The molecule has 0 radical (unpaired) electrons. The van der Waals surface area contributed by atoms with Crippen molar-refractivity contribution in [2.24, 2.45) is 0 Å². The normalized spacial score (nSPS) is 10.5. The first kappa shape index (κ1) is 11.6. The minimum absolute atomic E-state index is 0.266. The fraction of sp³-hybridized carbons (Fsp3) is 0.182. The average molecular weight is 223 g/mol. The monoisotopic (exact) mass is 223 g/mol. The summed E-state index contributed by atoms with van der Waals surface area (Å²) in [7, 11) is -1.99. The van der Waals surface area contributed by atoms with Crippen LogP contribution in [0.4, 0.5) is 0 Å². The van der Waals surface area contributed by atoms with Crippen molar-refractivity contribution >= 4 is 10.0 Å². The smallest absolute Gasteiger partial charge is 0.264 e. The molecule has 0 aliphatic heterocycles. The standard InChI is InChI=1S/C11H13NO2S/c1-4-9-12(3)15(13,14)11-7-5-10(2)6-8-11/h5-9H,1H2,2-3H3. The van der Waals surface area contributed by atoms with E-state index in [1.165, 1.54) is 13.2 Å². The van der Waals surface area contributed by atoms with Gasteiger partial charge in [0.2, 0.25) is 0 Å². The van der Waals surface area contributed by atoms with E-state index in [-0.39, 0.29) is 4.90 Å². The fourth-order valence-corrected chi connectivity index (χ4v) is 2.10. The predicted octanol–water partition coefficient (Wildman–Crippen LogP) is 1.91. The van der Waals surface area contributed by atoms with Crippen molar-refractivity contribution in [3.05, 3.63) is 48.3 Å². The van der Waals surface area contributed by atoms with E-state index in [4.69, 9.17) is 0 Å². The first-order valence-electron chi connectivity index (χ1n) is 4.39. The van der Waals surface area contributed by atoms with Crippen LogP contribution in [-0.2, 0) is 10.0 Å². The highest BCUT2D eigenvalue weighted by Crippen LogP contribution is 2.14. The Labute approximate surface area is 90.4 Å². The summed E-state index contributed by atoms with van der Waals surface area (Å²) < 4.78 is 24.8. The van der Waals surface area contributed by atoms with Gasteiger partial charge in [0.15, 0.2) is 0 Å². The van der Waals surface area contributed by atoms with Gasteiger partial charge in [0.05, 0.1) is 11.1 Å².